The molecule has 276 valence electrons. The number of rotatable bonds is 7. The number of aromatic nitrogens is 6. The number of nitrogens with zero attached hydrogens (tertiary/aromatic N) is 6. The Balaban J connectivity index is 0.943. The molecule has 59 heavy (non-hydrogen) atoms. The van der Waals surface area contributed by atoms with Crippen LogP contribution in [0.5, 0.6) is 0 Å². The summed E-state index contributed by atoms with van der Waals surface area (Å²) in [6, 6.07) is 64.8. The fourth-order valence-corrected chi connectivity index (χ4v) is 8.75. The lowest BCUT2D eigenvalue weighted by molar-refractivity contribution is 1.07. The van der Waals surface area contributed by atoms with E-state index in [1.807, 2.05) is 66.9 Å². The molecule has 0 radical (unpaired) electrons. The smallest absolute Gasteiger partial charge is 0.164 e. The Morgan fingerprint density at radius 3 is 1.39 bits per heavy atom. The Labute approximate surface area is 344 Å². The van der Waals surface area contributed by atoms with Crippen LogP contribution in [0.25, 0.3) is 110 Å². The minimum Gasteiger partial charge on any atom is -0.253 e. The van der Waals surface area contributed by atoms with Gasteiger partial charge in [-0.25, -0.2) is 24.9 Å². The summed E-state index contributed by atoms with van der Waals surface area (Å²) in [5.41, 5.74) is 15.2. The van der Waals surface area contributed by atoms with Crippen LogP contribution in [0.3, 0.4) is 0 Å². The molecule has 0 amide bonds. The Kier molecular flexibility index (Phi) is 8.56. The van der Waals surface area contributed by atoms with Crippen molar-refractivity contribution >= 4 is 42.9 Å². The number of pyridine rings is 1. The second-order valence-electron chi connectivity index (χ2n) is 14.4. The van der Waals surface area contributed by atoms with Gasteiger partial charge >= 0.3 is 0 Å². The molecule has 0 atom stereocenters. The molecule has 0 saturated heterocycles. The molecule has 0 unspecified atom stereocenters. The van der Waals surface area contributed by atoms with E-state index in [1.165, 1.54) is 5.56 Å². The number of para-hydroxylation sites is 2. The fraction of sp³-hybridized carbons (Fsp3) is 0. The zero-order chi connectivity index (χ0) is 39.1. The largest absolute Gasteiger partial charge is 0.253 e. The molecular formula is C52H32N6S. The van der Waals surface area contributed by atoms with E-state index in [0.717, 1.165) is 87.2 Å². The van der Waals surface area contributed by atoms with Gasteiger partial charge in [0.2, 0.25) is 0 Å². The van der Waals surface area contributed by atoms with E-state index in [9.17, 15) is 0 Å². The third-order valence-corrected chi connectivity index (χ3v) is 11.7. The molecule has 7 aromatic carbocycles. The van der Waals surface area contributed by atoms with Crippen LogP contribution >= 0.6 is 11.3 Å². The van der Waals surface area contributed by atoms with Gasteiger partial charge in [0.05, 0.1) is 15.7 Å². The molecule has 0 bridgehead atoms. The maximum atomic E-state index is 5.06. The van der Waals surface area contributed by atoms with Gasteiger partial charge in [-0.15, -0.1) is 11.3 Å². The van der Waals surface area contributed by atoms with Gasteiger partial charge < -0.3 is 0 Å². The lowest BCUT2D eigenvalue weighted by Crippen LogP contribution is -2.00. The van der Waals surface area contributed by atoms with Crippen LogP contribution in [0, 0.1) is 0 Å². The number of benzene rings is 7. The second kappa shape index (κ2) is 14.6. The van der Waals surface area contributed by atoms with E-state index in [-0.39, 0.29) is 0 Å². The number of fused-ring (bicyclic) bond motifs is 4. The Bertz CT molecular complexity index is 3330. The predicted octanol–water partition coefficient (Wildman–Crippen LogP) is 13.2. The van der Waals surface area contributed by atoms with Crippen molar-refractivity contribution in [1.82, 2.24) is 29.9 Å². The summed E-state index contributed by atoms with van der Waals surface area (Å²) in [7, 11) is 0. The lowest BCUT2D eigenvalue weighted by atomic mass is 9.95. The van der Waals surface area contributed by atoms with Crippen LogP contribution < -0.4 is 0 Å². The molecule has 7 heteroatoms. The maximum Gasteiger partial charge on any atom is 0.164 e. The van der Waals surface area contributed by atoms with E-state index in [0.29, 0.717) is 17.5 Å². The van der Waals surface area contributed by atoms with Crippen LogP contribution in [-0.2, 0) is 0 Å². The van der Waals surface area contributed by atoms with E-state index in [1.54, 1.807) is 11.3 Å². The Hall–Kier alpha value is -7.74. The summed E-state index contributed by atoms with van der Waals surface area (Å²) < 4.78 is 1.08. The third-order valence-electron chi connectivity index (χ3n) is 10.6. The third kappa shape index (κ3) is 6.59. The molecule has 11 aromatic rings. The second-order valence-corrected chi connectivity index (χ2v) is 15.4. The topological polar surface area (TPSA) is 77.3 Å². The molecule has 4 heterocycles. The van der Waals surface area contributed by atoms with Crippen molar-refractivity contribution < 1.29 is 0 Å². The van der Waals surface area contributed by atoms with Gasteiger partial charge in [-0.3, -0.25) is 4.98 Å². The Morgan fingerprint density at radius 2 is 0.746 bits per heavy atom. The minimum atomic E-state index is 0.620. The minimum absolute atomic E-state index is 0.620. The van der Waals surface area contributed by atoms with Gasteiger partial charge in [-0.05, 0) is 75.3 Å². The molecule has 11 rings (SSSR count). The molecule has 0 fully saturated rings. The van der Waals surface area contributed by atoms with Crippen LogP contribution in [0.15, 0.2) is 194 Å². The fourth-order valence-electron chi connectivity index (χ4n) is 7.63. The zero-order valence-corrected chi connectivity index (χ0v) is 32.4. The average Bonchev–Trinajstić information content (AvgIpc) is 3.69. The molecule has 0 aliphatic carbocycles. The Morgan fingerprint density at radius 1 is 0.305 bits per heavy atom. The molecule has 6 nitrogen and oxygen atoms in total. The summed E-state index contributed by atoms with van der Waals surface area (Å²) in [6.07, 6.45) is 1.88. The summed E-state index contributed by atoms with van der Waals surface area (Å²) in [5.74, 6) is 1.88. The van der Waals surface area contributed by atoms with Gasteiger partial charge in [-0.1, -0.05) is 152 Å². The van der Waals surface area contributed by atoms with Crippen molar-refractivity contribution in [1.29, 1.82) is 0 Å². The van der Waals surface area contributed by atoms with Crippen LogP contribution in [0.1, 0.15) is 0 Å². The van der Waals surface area contributed by atoms with Crippen molar-refractivity contribution in [2.75, 3.05) is 0 Å². The normalized spacial score (nSPS) is 11.4. The van der Waals surface area contributed by atoms with E-state index >= 15 is 0 Å². The summed E-state index contributed by atoms with van der Waals surface area (Å²) in [5, 5.41) is 0. The average molecular weight is 773 g/mol. The first-order chi connectivity index (χ1) is 29.2. The van der Waals surface area contributed by atoms with Gasteiger partial charge in [0.15, 0.2) is 17.5 Å². The molecule has 0 aliphatic rings. The van der Waals surface area contributed by atoms with Crippen LogP contribution in [0.4, 0.5) is 0 Å². The summed E-state index contributed by atoms with van der Waals surface area (Å²) >= 11 is 1.65. The van der Waals surface area contributed by atoms with Gasteiger partial charge in [0.1, 0.15) is 15.9 Å². The zero-order valence-electron chi connectivity index (χ0n) is 31.6. The molecule has 0 spiro atoms. The van der Waals surface area contributed by atoms with Crippen molar-refractivity contribution in [3.05, 3.63) is 194 Å². The van der Waals surface area contributed by atoms with E-state index in [2.05, 4.69) is 127 Å². The number of hydrogen-bond acceptors (Lipinski definition) is 7. The van der Waals surface area contributed by atoms with Crippen molar-refractivity contribution in [3.63, 3.8) is 0 Å². The first kappa shape index (κ1) is 34.5. The van der Waals surface area contributed by atoms with Gasteiger partial charge in [0.25, 0.3) is 0 Å². The lowest BCUT2D eigenvalue weighted by Gasteiger charge is -2.11. The van der Waals surface area contributed by atoms with Crippen molar-refractivity contribution in [3.8, 4) is 78.7 Å². The predicted molar refractivity (Wildman–Crippen MR) is 242 cm³/mol. The molecule has 4 aromatic heterocycles. The highest BCUT2D eigenvalue weighted by Crippen LogP contribution is 2.39. The maximum absolute atomic E-state index is 5.06. The highest BCUT2D eigenvalue weighted by atomic mass is 32.1. The van der Waals surface area contributed by atoms with Gasteiger partial charge in [-0.2, -0.15) is 0 Å². The summed E-state index contributed by atoms with van der Waals surface area (Å²) in [6.45, 7) is 0. The van der Waals surface area contributed by atoms with Crippen molar-refractivity contribution in [2.45, 2.75) is 0 Å². The first-order valence-electron chi connectivity index (χ1n) is 19.4. The van der Waals surface area contributed by atoms with Gasteiger partial charge in [0, 0.05) is 28.5 Å². The quantitative estimate of drug-likeness (QED) is 0.161. The monoisotopic (exact) mass is 772 g/mol. The molecule has 0 aliphatic heterocycles. The van der Waals surface area contributed by atoms with Crippen LogP contribution in [0.2, 0.25) is 0 Å². The molecule has 0 saturated carbocycles. The highest BCUT2D eigenvalue weighted by molar-refractivity contribution is 7.25. The van der Waals surface area contributed by atoms with Crippen LogP contribution in [-0.4, -0.2) is 29.9 Å². The molecular weight excluding hydrogens is 741 g/mol. The first-order valence-corrected chi connectivity index (χ1v) is 20.2. The molecule has 0 N–H and O–H groups in total. The number of hydrogen-bond donors (Lipinski definition) is 0. The summed E-state index contributed by atoms with van der Waals surface area (Å²) in [4.78, 5) is 30.6. The number of thiophene rings is 1. The van der Waals surface area contributed by atoms with E-state index < -0.39 is 0 Å². The van der Waals surface area contributed by atoms with E-state index in [4.69, 9.17) is 29.9 Å². The van der Waals surface area contributed by atoms with Crippen molar-refractivity contribution in [2.24, 2.45) is 0 Å². The SMILES string of the molecule is c1ccc(-c2ccc(-c3nc(-c4ccccc4)nc(-c4cccc(-c5cccc(-c6cccc(-c7ccnc8c7sc7nc9ccccc9nc78)c6)c5)c4)n3)cc2)cc1. The highest BCUT2D eigenvalue weighted by Gasteiger charge is 2.17. The standard InChI is InChI=1S/C52H32N6S/c1-3-12-33(13-4-1)34-24-26-36(27-25-34)50-56-49(35-14-5-2-6-15-35)57-51(58-50)42-21-11-19-40(32-42)38-17-9-16-37(30-38)39-18-10-20-41(31-39)43-28-29-53-46-47-52(59-48(43)46)55-45-23-8-7-22-44(45)54-47/h1-32H.